The molecule has 2 amide bonds. The van der Waals surface area contributed by atoms with Crippen molar-refractivity contribution in [2.45, 2.75) is 32.6 Å². The highest BCUT2D eigenvalue weighted by molar-refractivity contribution is 5.96. The van der Waals surface area contributed by atoms with Crippen molar-refractivity contribution in [2.24, 2.45) is 0 Å². The van der Waals surface area contributed by atoms with Gasteiger partial charge in [-0.1, -0.05) is 72.7 Å². The van der Waals surface area contributed by atoms with Crippen LogP contribution in [-0.2, 0) is 33.9 Å². The maximum absolute atomic E-state index is 14.4. The van der Waals surface area contributed by atoms with Crippen LogP contribution in [0, 0.1) is 5.82 Å². The molecule has 1 atom stereocenters. The number of carbonyl (C=O) groups excluding carboxylic acids is 3. The normalized spacial score (nSPS) is 11.3. The minimum Gasteiger partial charge on any atom is -0.459 e. The number of rotatable bonds is 11. The molecule has 40 heavy (non-hydrogen) atoms. The lowest BCUT2D eigenvalue weighted by atomic mass is 10.0. The quantitative estimate of drug-likeness (QED) is 0.260. The molecule has 206 valence electrons. The Morgan fingerprint density at radius 3 is 2.23 bits per heavy atom. The summed E-state index contributed by atoms with van der Waals surface area (Å²) in [5.74, 6) is -1.52. The predicted octanol–water partition coefficient (Wildman–Crippen LogP) is 4.81. The Labute approximate surface area is 230 Å². The molecule has 0 aliphatic carbocycles. The zero-order valence-electron chi connectivity index (χ0n) is 21.8. The van der Waals surface area contributed by atoms with E-state index in [1.54, 1.807) is 48.5 Å². The Kier molecular flexibility index (Phi) is 9.60. The van der Waals surface area contributed by atoms with E-state index in [1.807, 2.05) is 19.1 Å². The number of nitrogens with zero attached hydrogens (tertiary/aromatic N) is 1. The number of nitrogens with one attached hydrogen (secondary N) is 2. The molecule has 0 unspecified atom stereocenters. The highest BCUT2D eigenvalue weighted by Gasteiger charge is 2.25. The van der Waals surface area contributed by atoms with Crippen molar-refractivity contribution in [2.75, 3.05) is 6.54 Å². The third kappa shape index (κ3) is 7.76. The van der Waals surface area contributed by atoms with E-state index in [4.69, 9.17) is 14.0 Å². The monoisotopic (exact) mass is 545 g/mol. The van der Waals surface area contributed by atoms with E-state index in [0.717, 1.165) is 17.2 Å². The summed E-state index contributed by atoms with van der Waals surface area (Å²) in [6, 6.07) is 20.6. The third-order valence-electron chi connectivity index (χ3n) is 5.92. The first-order valence-corrected chi connectivity index (χ1v) is 12.6. The van der Waals surface area contributed by atoms with Crippen LogP contribution >= 0.6 is 0 Å². The van der Waals surface area contributed by atoms with E-state index >= 15 is 0 Å². The molecule has 4 rings (SSSR count). The van der Waals surface area contributed by atoms with Crippen LogP contribution in [0.3, 0.4) is 0 Å². The second kappa shape index (κ2) is 13.7. The lowest BCUT2D eigenvalue weighted by Crippen LogP contribution is -2.49. The summed E-state index contributed by atoms with van der Waals surface area (Å²) in [6.45, 7) is 1.49. The van der Waals surface area contributed by atoms with Crippen LogP contribution in [0.15, 0.2) is 89.6 Å². The molecule has 1 heterocycles. The first-order valence-electron chi connectivity index (χ1n) is 12.6. The number of esters is 1. The van der Waals surface area contributed by atoms with E-state index in [9.17, 15) is 18.8 Å². The molecule has 10 heteroatoms. The molecule has 0 aliphatic rings. The Hall–Kier alpha value is -4.99. The van der Waals surface area contributed by atoms with Gasteiger partial charge in [0.05, 0.1) is 6.20 Å². The molecule has 1 aromatic heterocycles. The Bertz CT molecular complexity index is 1440. The van der Waals surface area contributed by atoms with Gasteiger partial charge >= 0.3 is 12.1 Å². The van der Waals surface area contributed by atoms with Crippen LogP contribution in [0.25, 0.3) is 11.1 Å². The minimum atomic E-state index is -1.27. The fourth-order valence-electron chi connectivity index (χ4n) is 3.86. The fourth-order valence-corrected chi connectivity index (χ4v) is 3.86. The standard InChI is InChI=1S/C30H28FN3O6/c1-2-27-25(16-33-40-27)22-13-23(15-24(31)14-22)28(35)32-17-26(29(36)38-18-20-9-5-3-6-10-20)34-30(37)39-19-21-11-7-4-8-12-21/h3-16,26H,2,17-19H2,1H3,(H,32,35)(H,34,37)/t26-/m1/s1. The van der Waals surface area contributed by atoms with Crippen LogP contribution in [0.1, 0.15) is 34.2 Å². The van der Waals surface area contributed by atoms with Crippen molar-refractivity contribution in [3.63, 3.8) is 0 Å². The molecule has 0 radical (unpaired) electrons. The number of hydrogen-bond acceptors (Lipinski definition) is 7. The summed E-state index contributed by atoms with van der Waals surface area (Å²) in [5, 5.41) is 8.77. The minimum absolute atomic E-state index is 0.0144. The van der Waals surface area contributed by atoms with Crippen LogP contribution in [0.2, 0.25) is 0 Å². The number of aryl methyl sites for hydroxylation is 1. The van der Waals surface area contributed by atoms with Crippen molar-refractivity contribution in [3.8, 4) is 11.1 Å². The molecule has 0 spiro atoms. The molecular weight excluding hydrogens is 517 g/mol. The summed E-state index contributed by atoms with van der Waals surface area (Å²) in [5.41, 5.74) is 2.51. The topological polar surface area (TPSA) is 120 Å². The van der Waals surface area contributed by atoms with Gasteiger partial charge in [-0.3, -0.25) is 4.79 Å². The molecule has 0 saturated carbocycles. The van der Waals surface area contributed by atoms with Gasteiger partial charge in [0.1, 0.15) is 30.8 Å². The van der Waals surface area contributed by atoms with Gasteiger partial charge in [-0.25, -0.2) is 14.0 Å². The highest BCUT2D eigenvalue weighted by Crippen LogP contribution is 2.26. The highest BCUT2D eigenvalue weighted by atomic mass is 19.1. The number of carbonyl (C=O) groups is 3. The summed E-state index contributed by atoms with van der Waals surface area (Å²) in [7, 11) is 0. The van der Waals surface area contributed by atoms with Gasteiger partial charge in [0, 0.05) is 24.1 Å². The largest absolute Gasteiger partial charge is 0.459 e. The van der Waals surface area contributed by atoms with Crippen LogP contribution in [-0.4, -0.2) is 35.7 Å². The number of aromatic nitrogens is 1. The number of benzene rings is 3. The first-order chi connectivity index (χ1) is 19.4. The molecular formula is C30H28FN3O6. The van der Waals surface area contributed by atoms with Crippen LogP contribution < -0.4 is 10.6 Å². The maximum atomic E-state index is 14.4. The van der Waals surface area contributed by atoms with Gasteiger partial charge in [-0.15, -0.1) is 0 Å². The Balaban J connectivity index is 1.43. The average molecular weight is 546 g/mol. The summed E-state index contributed by atoms with van der Waals surface area (Å²) < 4.78 is 30.2. The predicted molar refractivity (Wildman–Crippen MR) is 143 cm³/mol. The molecule has 0 fully saturated rings. The van der Waals surface area contributed by atoms with Gasteiger partial charge in [-0.05, 0) is 34.9 Å². The van der Waals surface area contributed by atoms with E-state index in [0.29, 0.717) is 23.3 Å². The van der Waals surface area contributed by atoms with Crippen molar-refractivity contribution >= 4 is 18.0 Å². The smallest absolute Gasteiger partial charge is 0.408 e. The number of ether oxygens (including phenoxy) is 2. The van der Waals surface area contributed by atoms with Gasteiger partial charge in [0.25, 0.3) is 5.91 Å². The third-order valence-corrected chi connectivity index (χ3v) is 5.92. The molecule has 0 aliphatic heterocycles. The molecule has 9 nitrogen and oxygen atoms in total. The Morgan fingerprint density at radius 2 is 1.57 bits per heavy atom. The summed E-state index contributed by atoms with van der Waals surface area (Å²) in [4.78, 5) is 38.3. The van der Waals surface area contributed by atoms with E-state index in [2.05, 4.69) is 15.8 Å². The zero-order valence-corrected chi connectivity index (χ0v) is 21.8. The lowest BCUT2D eigenvalue weighted by molar-refractivity contribution is -0.147. The van der Waals surface area contributed by atoms with E-state index < -0.39 is 29.8 Å². The van der Waals surface area contributed by atoms with Gasteiger partial charge < -0.3 is 24.6 Å². The first kappa shape index (κ1) is 28.0. The molecule has 0 bridgehead atoms. The average Bonchev–Trinajstić information content (AvgIpc) is 3.47. The van der Waals surface area contributed by atoms with Crippen molar-refractivity contribution < 1.29 is 32.8 Å². The van der Waals surface area contributed by atoms with Crippen LogP contribution in [0.5, 0.6) is 0 Å². The summed E-state index contributed by atoms with van der Waals surface area (Å²) in [6.07, 6.45) is 1.12. The Morgan fingerprint density at radius 1 is 0.925 bits per heavy atom. The number of amides is 2. The lowest BCUT2D eigenvalue weighted by Gasteiger charge is -2.18. The second-order valence-corrected chi connectivity index (χ2v) is 8.81. The molecule has 2 N–H and O–H groups in total. The van der Waals surface area contributed by atoms with Gasteiger partial charge in [0.2, 0.25) is 0 Å². The van der Waals surface area contributed by atoms with Crippen molar-refractivity contribution in [3.05, 3.63) is 113 Å². The molecule has 3 aromatic carbocycles. The van der Waals surface area contributed by atoms with Gasteiger partial charge in [0.15, 0.2) is 0 Å². The maximum Gasteiger partial charge on any atom is 0.408 e. The number of hydrogen-bond donors (Lipinski definition) is 2. The second-order valence-electron chi connectivity index (χ2n) is 8.81. The number of halogens is 1. The summed E-state index contributed by atoms with van der Waals surface area (Å²) >= 11 is 0. The van der Waals surface area contributed by atoms with Gasteiger partial charge in [-0.2, -0.15) is 0 Å². The zero-order chi connectivity index (χ0) is 28.3. The molecule has 4 aromatic rings. The van der Waals surface area contributed by atoms with E-state index in [1.165, 1.54) is 18.3 Å². The number of alkyl carbamates (subject to hydrolysis) is 1. The van der Waals surface area contributed by atoms with E-state index in [-0.39, 0.29) is 25.3 Å². The molecule has 0 saturated heterocycles. The van der Waals surface area contributed by atoms with Crippen molar-refractivity contribution in [1.29, 1.82) is 0 Å². The van der Waals surface area contributed by atoms with Crippen molar-refractivity contribution in [1.82, 2.24) is 15.8 Å². The fraction of sp³-hybridized carbons (Fsp3) is 0.200. The van der Waals surface area contributed by atoms with Crippen LogP contribution in [0.4, 0.5) is 9.18 Å². The SMILES string of the molecule is CCc1oncc1-c1cc(F)cc(C(=O)NC[C@@H](NC(=O)OCc2ccccc2)C(=O)OCc2ccccc2)c1.